The molecule has 0 bridgehead atoms. The number of para-hydroxylation sites is 1. The number of aryl methyl sites for hydroxylation is 1. The summed E-state index contributed by atoms with van der Waals surface area (Å²) in [5.41, 5.74) is 1.12. The highest BCUT2D eigenvalue weighted by atomic mass is 16.3. The molecule has 0 unspecified atom stereocenters. The molecule has 0 radical (unpaired) electrons. The fourth-order valence-corrected chi connectivity index (χ4v) is 1.45. The number of aromatic nitrogens is 1. The highest BCUT2D eigenvalue weighted by Gasteiger charge is 2.06. The average Bonchev–Trinajstić information content (AvgIpc) is 2.26. The minimum Gasteiger partial charge on any atom is -0.494 e. The van der Waals surface area contributed by atoms with Gasteiger partial charge in [-0.1, -0.05) is 18.2 Å². The number of benzene rings is 1. The molecule has 15 heavy (non-hydrogen) atoms. The van der Waals surface area contributed by atoms with Crippen molar-refractivity contribution >= 4 is 0 Å². The zero-order valence-corrected chi connectivity index (χ0v) is 8.34. The Morgan fingerprint density at radius 3 is 2.40 bits per heavy atom. The van der Waals surface area contributed by atoms with Crippen LogP contribution >= 0.6 is 0 Å². The van der Waals surface area contributed by atoms with Crippen LogP contribution in [0.5, 0.6) is 5.88 Å². The number of nitrogens with zero attached hydrogens (tertiary/aromatic N) is 1. The fourth-order valence-electron chi connectivity index (χ4n) is 1.45. The van der Waals surface area contributed by atoms with Crippen LogP contribution in [0, 0.1) is 6.92 Å². The summed E-state index contributed by atoms with van der Waals surface area (Å²) in [5, 5.41) is 9.79. The van der Waals surface area contributed by atoms with E-state index in [0.717, 1.165) is 0 Å². The van der Waals surface area contributed by atoms with Crippen molar-refractivity contribution in [2.24, 2.45) is 0 Å². The lowest BCUT2D eigenvalue weighted by Crippen LogP contribution is -2.17. The second kappa shape index (κ2) is 3.61. The zero-order chi connectivity index (χ0) is 10.8. The molecule has 0 aliphatic heterocycles. The van der Waals surface area contributed by atoms with Crippen LogP contribution in [0.3, 0.4) is 0 Å². The molecule has 0 atom stereocenters. The summed E-state index contributed by atoms with van der Waals surface area (Å²) in [5.74, 6) is -0.00583. The topological polar surface area (TPSA) is 42.2 Å². The molecular weight excluding hydrogens is 190 g/mol. The summed E-state index contributed by atoms with van der Waals surface area (Å²) in [6.45, 7) is 1.76. The molecule has 2 aromatic rings. The molecule has 0 saturated heterocycles. The minimum absolute atomic E-state index is 0.00583. The van der Waals surface area contributed by atoms with E-state index in [1.54, 1.807) is 25.1 Å². The largest absolute Gasteiger partial charge is 0.494 e. The number of rotatable bonds is 1. The first-order chi connectivity index (χ1) is 7.20. The Morgan fingerprint density at radius 1 is 1.07 bits per heavy atom. The average molecular weight is 201 g/mol. The maximum Gasteiger partial charge on any atom is 0.257 e. The van der Waals surface area contributed by atoms with Gasteiger partial charge in [0.1, 0.15) is 0 Å². The van der Waals surface area contributed by atoms with Gasteiger partial charge in [-0.2, -0.15) is 0 Å². The first-order valence-electron chi connectivity index (χ1n) is 4.67. The third kappa shape index (κ3) is 1.64. The summed E-state index contributed by atoms with van der Waals surface area (Å²) < 4.78 is 1.29. The molecule has 2 rings (SSSR count). The van der Waals surface area contributed by atoms with Gasteiger partial charge in [0.25, 0.3) is 5.56 Å². The van der Waals surface area contributed by atoms with Crippen molar-refractivity contribution in [2.75, 3.05) is 0 Å². The zero-order valence-electron chi connectivity index (χ0n) is 8.34. The Labute approximate surface area is 87.2 Å². The summed E-state index contributed by atoms with van der Waals surface area (Å²) >= 11 is 0. The van der Waals surface area contributed by atoms with Crippen molar-refractivity contribution in [2.45, 2.75) is 6.92 Å². The lowest BCUT2D eigenvalue weighted by molar-refractivity contribution is 0.431. The van der Waals surface area contributed by atoms with Crippen LogP contribution < -0.4 is 5.56 Å². The van der Waals surface area contributed by atoms with Crippen LogP contribution in [-0.2, 0) is 0 Å². The molecule has 0 spiro atoms. The smallest absolute Gasteiger partial charge is 0.257 e. The molecule has 1 heterocycles. The van der Waals surface area contributed by atoms with Gasteiger partial charge in [0.2, 0.25) is 5.88 Å². The third-order valence-electron chi connectivity index (χ3n) is 2.28. The maximum atomic E-state index is 11.6. The van der Waals surface area contributed by atoms with Crippen molar-refractivity contribution in [3.8, 4) is 11.6 Å². The molecule has 3 nitrogen and oxygen atoms in total. The van der Waals surface area contributed by atoms with Gasteiger partial charge >= 0.3 is 0 Å². The van der Waals surface area contributed by atoms with Gasteiger partial charge in [0.05, 0.1) is 5.69 Å². The van der Waals surface area contributed by atoms with E-state index in [-0.39, 0.29) is 11.4 Å². The van der Waals surface area contributed by atoms with E-state index < -0.39 is 0 Å². The molecule has 0 amide bonds. The predicted molar refractivity (Wildman–Crippen MR) is 58.4 cm³/mol. The van der Waals surface area contributed by atoms with Gasteiger partial charge in [-0.25, -0.2) is 4.57 Å². The Balaban J connectivity index is 2.73. The second-order valence-corrected chi connectivity index (χ2v) is 3.35. The van der Waals surface area contributed by atoms with Gasteiger partial charge < -0.3 is 5.11 Å². The van der Waals surface area contributed by atoms with Crippen molar-refractivity contribution in [3.05, 3.63) is 58.4 Å². The fraction of sp³-hybridized carbons (Fsp3) is 0.0833. The van der Waals surface area contributed by atoms with Gasteiger partial charge in [0.15, 0.2) is 0 Å². The summed E-state index contributed by atoms with van der Waals surface area (Å²) in [6.07, 6.45) is 0. The normalized spacial score (nSPS) is 10.2. The lowest BCUT2D eigenvalue weighted by atomic mass is 10.2. The van der Waals surface area contributed by atoms with E-state index in [9.17, 15) is 9.90 Å². The van der Waals surface area contributed by atoms with Crippen molar-refractivity contribution < 1.29 is 5.11 Å². The molecule has 0 aliphatic carbocycles. The van der Waals surface area contributed by atoms with Crippen molar-refractivity contribution in [1.82, 2.24) is 4.57 Å². The van der Waals surface area contributed by atoms with Gasteiger partial charge in [0, 0.05) is 11.6 Å². The van der Waals surface area contributed by atoms with Crippen LogP contribution in [0.1, 0.15) is 5.56 Å². The molecule has 0 fully saturated rings. The van der Waals surface area contributed by atoms with E-state index in [1.165, 1.54) is 10.6 Å². The molecule has 1 aromatic carbocycles. The number of hydrogen-bond acceptors (Lipinski definition) is 2. The summed E-state index contributed by atoms with van der Waals surface area (Å²) in [7, 11) is 0. The van der Waals surface area contributed by atoms with Gasteiger partial charge in [-0.05, 0) is 25.1 Å². The Morgan fingerprint density at radius 2 is 1.73 bits per heavy atom. The van der Waals surface area contributed by atoms with Crippen LogP contribution in [-0.4, -0.2) is 9.67 Å². The van der Waals surface area contributed by atoms with Crippen molar-refractivity contribution in [3.63, 3.8) is 0 Å². The maximum absolute atomic E-state index is 11.6. The second-order valence-electron chi connectivity index (χ2n) is 3.35. The molecule has 76 valence electrons. The predicted octanol–water partition coefficient (Wildman–Crippen LogP) is 1.85. The first kappa shape index (κ1) is 9.52. The molecule has 1 N–H and O–H groups in total. The van der Waals surface area contributed by atoms with Crippen LogP contribution in [0.4, 0.5) is 0 Å². The standard InChI is InChI=1S/C12H11NO2/c1-9-7-8-11(14)13(12(9)15)10-5-3-2-4-6-10/h2-8,15H,1H3. The SMILES string of the molecule is Cc1ccc(=O)n(-c2ccccc2)c1O. The molecular formula is C12H11NO2. The lowest BCUT2D eigenvalue weighted by Gasteiger charge is -2.09. The van der Waals surface area contributed by atoms with E-state index in [2.05, 4.69) is 0 Å². The summed E-state index contributed by atoms with van der Waals surface area (Å²) in [6, 6.07) is 12.1. The molecule has 3 heteroatoms. The molecule has 1 aromatic heterocycles. The Kier molecular flexibility index (Phi) is 2.29. The van der Waals surface area contributed by atoms with Gasteiger partial charge in [-0.15, -0.1) is 0 Å². The quantitative estimate of drug-likeness (QED) is 0.765. The van der Waals surface area contributed by atoms with E-state index >= 15 is 0 Å². The number of hydrogen-bond donors (Lipinski definition) is 1. The van der Waals surface area contributed by atoms with E-state index in [0.29, 0.717) is 11.3 Å². The molecule has 0 aliphatic rings. The summed E-state index contributed by atoms with van der Waals surface area (Å²) in [4.78, 5) is 11.6. The molecule has 0 saturated carbocycles. The van der Waals surface area contributed by atoms with Gasteiger partial charge in [-0.3, -0.25) is 4.79 Å². The van der Waals surface area contributed by atoms with Crippen LogP contribution in [0.25, 0.3) is 5.69 Å². The minimum atomic E-state index is -0.232. The van der Waals surface area contributed by atoms with Crippen molar-refractivity contribution in [1.29, 1.82) is 0 Å². The number of pyridine rings is 1. The Bertz CT molecular complexity index is 529. The number of aromatic hydroxyl groups is 1. The van der Waals surface area contributed by atoms with Crippen LogP contribution in [0.15, 0.2) is 47.3 Å². The van der Waals surface area contributed by atoms with E-state index in [4.69, 9.17) is 0 Å². The highest BCUT2D eigenvalue weighted by Crippen LogP contribution is 2.17. The highest BCUT2D eigenvalue weighted by molar-refractivity contribution is 5.38. The first-order valence-corrected chi connectivity index (χ1v) is 4.67. The third-order valence-corrected chi connectivity index (χ3v) is 2.28. The monoisotopic (exact) mass is 201 g/mol. The van der Waals surface area contributed by atoms with Crippen LogP contribution in [0.2, 0.25) is 0 Å². The Hall–Kier alpha value is -2.03. The van der Waals surface area contributed by atoms with E-state index in [1.807, 2.05) is 18.2 Å².